The van der Waals surface area contributed by atoms with E-state index in [1.54, 1.807) is 0 Å². The molecule has 15 heavy (non-hydrogen) atoms. The van der Waals surface area contributed by atoms with E-state index in [-0.39, 0.29) is 0 Å². The predicted octanol–water partition coefficient (Wildman–Crippen LogP) is 3.32. The molecule has 1 heterocycles. The van der Waals surface area contributed by atoms with E-state index >= 15 is 0 Å². The Bertz CT molecular complexity index is 284. The van der Waals surface area contributed by atoms with Gasteiger partial charge in [-0.05, 0) is 30.4 Å². The molecule has 0 bridgehead atoms. The number of hydrogen-bond acceptors (Lipinski definition) is 2. The molecule has 1 saturated carbocycles. The molecule has 1 N–H and O–H groups in total. The summed E-state index contributed by atoms with van der Waals surface area (Å²) < 4.78 is 0. The molecular formula is C13H20N2. The Morgan fingerprint density at radius 2 is 2.27 bits per heavy atom. The summed E-state index contributed by atoms with van der Waals surface area (Å²) in [5.41, 5.74) is 1.15. The molecule has 0 saturated heterocycles. The highest BCUT2D eigenvalue weighted by molar-refractivity contribution is 5.39. The highest BCUT2D eigenvalue weighted by Gasteiger charge is 2.20. The maximum absolute atomic E-state index is 4.10. The third-order valence-corrected chi connectivity index (χ3v) is 3.52. The SMILES string of the molecule is CC1CCCCC1CNc1cccnc1. The fraction of sp³-hybridized carbons (Fsp3) is 0.615. The van der Waals surface area contributed by atoms with E-state index in [1.807, 2.05) is 18.5 Å². The minimum Gasteiger partial charge on any atom is -0.384 e. The third-order valence-electron chi connectivity index (χ3n) is 3.52. The molecule has 2 atom stereocenters. The first-order valence-electron chi connectivity index (χ1n) is 6.00. The van der Waals surface area contributed by atoms with Crippen LogP contribution in [-0.2, 0) is 0 Å². The number of rotatable bonds is 3. The molecule has 82 valence electrons. The van der Waals surface area contributed by atoms with E-state index in [9.17, 15) is 0 Å². The van der Waals surface area contributed by atoms with Crippen LogP contribution in [0.5, 0.6) is 0 Å². The van der Waals surface area contributed by atoms with Crippen molar-refractivity contribution in [2.45, 2.75) is 32.6 Å². The Morgan fingerprint density at radius 3 is 3.00 bits per heavy atom. The van der Waals surface area contributed by atoms with Gasteiger partial charge in [0.05, 0.1) is 5.69 Å². The standard InChI is InChI=1S/C13H20N2/c1-11-5-2-3-6-12(11)9-15-13-7-4-8-14-10-13/h4,7-8,10-12,15H,2-3,5-6,9H2,1H3. The van der Waals surface area contributed by atoms with Gasteiger partial charge >= 0.3 is 0 Å². The first kappa shape index (κ1) is 10.5. The Labute approximate surface area is 92.1 Å². The second-order valence-electron chi connectivity index (χ2n) is 4.64. The van der Waals surface area contributed by atoms with E-state index < -0.39 is 0 Å². The number of aromatic nitrogens is 1. The molecule has 1 fully saturated rings. The van der Waals surface area contributed by atoms with Gasteiger partial charge in [-0.25, -0.2) is 0 Å². The number of nitrogens with zero attached hydrogens (tertiary/aromatic N) is 1. The molecular weight excluding hydrogens is 184 g/mol. The summed E-state index contributed by atoms with van der Waals surface area (Å²) in [7, 11) is 0. The number of anilines is 1. The smallest absolute Gasteiger partial charge is 0.0526 e. The Hall–Kier alpha value is -1.05. The molecule has 2 nitrogen and oxygen atoms in total. The van der Waals surface area contributed by atoms with Crippen molar-refractivity contribution in [1.82, 2.24) is 4.98 Å². The Balaban J connectivity index is 1.82. The normalized spacial score (nSPS) is 26.2. The Kier molecular flexibility index (Phi) is 3.59. The minimum atomic E-state index is 0.846. The van der Waals surface area contributed by atoms with Crippen LogP contribution in [0.3, 0.4) is 0 Å². The van der Waals surface area contributed by atoms with Crippen LogP contribution in [0.2, 0.25) is 0 Å². The zero-order chi connectivity index (χ0) is 10.5. The van der Waals surface area contributed by atoms with Crippen molar-refractivity contribution in [2.75, 3.05) is 11.9 Å². The number of pyridine rings is 1. The van der Waals surface area contributed by atoms with E-state index in [4.69, 9.17) is 0 Å². The molecule has 0 aromatic carbocycles. The second-order valence-corrected chi connectivity index (χ2v) is 4.64. The average molecular weight is 204 g/mol. The molecule has 1 aromatic rings. The van der Waals surface area contributed by atoms with Crippen molar-refractivity contribution in [2.24, 2.45) is 11.8 Å². The van der Waals surface area contributed by atoms with Crippen molar-refractivity contribution >= 4 is 5.69 Å². The molecule has 0 spiro atoms. The monoisotopic (exact) mass is 204 g/mol. The summed E-state index contributed by atoms with van der Waals surface area (Å²) in [6, 6.07) is 4.06. The van der Waals surface area contributed by atoms with Crippen molar-refractivity contribution < 1.29 is 0 Å². The van der Waals surface area contributed by atoms with E-state index in [2.05, 4.69) is 23.3 Å². The lowest BCUT2D eigenvalue weighted by Crippen LogP contribution is -2.24. The topological polar surface area (TPSA) is 24.9 Å². The fourth-order valence-electron chi connectivity index (χ4n) is 2.41. The van der Waals surface area contributed by atoms with E-state index in [0.29, 0.717) is 0 Å². The van der Waals surface area contributed by atoms with Gasteiger partial charge in [-0.2, -0.15) is 0 Å². The number of nitrogens with one attached hydrogen (secondary N) is 1. The van der Waals surface area contributed by atoms with Gasteiger partial charge in [-0.3, -0.25) is 4.98 Å². The summed E-state index contributed by atoms with van der Waals surface area (Å²) in [5, 5.41) is 3.48. The van der Waals surface area contributed by atoms with Crippen molar-refractivity contribution in [3.8, 4) is 0 Å². The van der Waals surface area contributed by atoms with Crippen LogP contribution in [0.4, 0.5) is 5.69 Å². The summed E-state index contributed by atoms with van der Waals surface area (Å²) >= 11 is 0. The van der Waals surface area contributed by atoms with Crippen molar-refractivity contribution in [1.29, 1.82) is 0 Å². The van der Waals surface area contributed by atoms with Crippen LogP contribution < -0.4 is 5.32 Å². The van der Waals surface area contributed by atoms with Crippen molar-refractivity contribution in [3.05, 3.63) is 24.5 Å². The summed E-state index contributed by atoms with van der Waals surface area (Å²) in [5.74, 6) is 1.72. The third kappa shape index (κ3) is 2.95. The quantitative estimate of drug-likeness (QED) is 0.817. The average Bonchev–Trinajstić information content (AvgIpc) is 2.29. The van der Waals surface area contributed by atoms with E-state index in [1.165, 1.54) is 25.7 Å². The highest BCUT2D eigenvalue weighted by atomic mass is 14.9. The van der Waals surface area contributed by atoms with Gasteiger partial charge in [0.1, 0.15) is 0 Å². The lowest BCUT2D eigenvalue weighted by molar-refractivity contribution is 0.268. The largest absolute Gasteiger partial charge is 0.384 e. The molecule has 2 rings (SSSR count). The lowest BCUT2D eigenvalue weighted by Gasteiger charge is -2.29. The Morgan fingerprint density at radius 1 is 1.40 bits per heavy atom. The van der Waals surface area contributed by atoms with Crippen LogP contribution in [0.1, 0.15) is 32.6 Å². The van der Waals surface area contributed by atoms with Crippen LogP contribution >= 0.6 is 0 Å². The molecule has 1 aromatic heterocycles. The fourth-order valence-corrected chi connectivity index (χ4v) is 2.41. The molecule has 0 aliphatic heterocycles. The summed E-state index contributed by atoms with van der Waals surface area (Å²) in [6.07, 6.45) is 9.32. The molecule has 1 aliphatic rings. The van der Waals surface area contributed by atoms with E-state index in [0.717, 1.165) is 24.1 Å². The van der Waals surface area contributed by atoms with Gasteiger partial charge in [-0.15, -0.1) is 0 Å². The molecule has 0 amide bonds. The minimum absolute atomic E-state index is 0.846. The maximum Gasteiger partial charge on any atom is 0.0526 e. The van der Waals surface area contributed by atoms with Crippen LogP contribution in [0.15, 0.2) is 24.5 Å². The van der Waals surface area contributed by atoms with Crippen LogP contribution in [0.25, 0.3) is 0 Å². The molecule has 2 unspecified atom stereocenters. The predicted molar refractivity (Wildman–Crippen MR) is 63.8 cm³/mol. The zero-order valence-electron chi connectivity index (χ0n) is 9.45. The van der Waals surface area contributed by atoms with Gasteiger partial charge in [0.15, 0.2) is 0 Å². The number of hydrogen-bond donors (Lipinski definition) is 1. The summed E-state index contributed by atoms with van der Waals surface area (Å²) in [6.45, 7) is 3.49. The molecule has 1 aliphatic carbocycles. The van der Waals surface area contributed by atoms with Gasteiger partial charge < -0.3 is 5.32 Å². The maximum atomic E-state index is 4.10. The second kappa shape index (κ2) is 5.15. The van der Waals surface area contributed by atoms with Gasteiger partial charge in [0.2, 0.25) is 0 Å². The van der Waals surface area contributed by atoms with Crippen molar-refractivity contribution in [3.63, 3.8) is 0 Å². The summed E-state index contributed by atoms with van der Waals surface area (Å²) in [4.78, 5) is 4.10. The van der Waals surface area contributed by atoms with Gasteiger partial charge in [-0.1, -0.05) is 26.2 Å². The van der Waals surface area contributed by atoms with Crippen LogP contribution in [-0.4, -0.2) is 11.5 Å². The van der Waals surface area contributed by atoms with Crippen LogP contribution in [0, 0.1) is 11.8 Å². The van der Waals surface area contributed by atoms with Gasteiger partial charge in [0, 0.05) is 18.9 Å². The molecule has 2 heteroatoms. The first-order valence-corrected chi connectivity index (χ1v) is 6.00. The molecule has 0 radical (unpaired) electrons. The lowest BCUT2D eigenvalue weighted by atomic mass is 9.80. The first-order chi connectivity index (χ1) is 7.36. The highest BCUT2D eigenvalue weighted by Crippen LogP contribution is 2.29. The zero-order valence-corrected chi connectivity index (χ0v) is 9.45. The van der Waals surface area contributed by atoms with Gasteiger partial charge in [0.25, 0.3) is 0 Å².